The van der Waals surface area contributed by atoms with Gasteiger partial charge in [0.1, 0.15) is 13.2 Å². The molecule has 0 saturated carbocycles. The molecule has 0 bridgehead atoms. The van der Waals surface area contributed by atoms with Crippen LogP contribution in [-0.2, 0) is 28.6 Å². The van der Waals surface area contributed by atoms with Crippen molar-refractivity contribution in [3.8, 4) is 0 Å². The fourth-order valence-corrected chi connectivity index (χ4v) is 10.8. The highest BCUT2D eigenvalue weighted by atomic mass is 16.6. The summed E-state index contributed by atoms with van der Waals surface area (Å²) in [5.41, 5.74) is 0. The number of hydrogen-bond donors (Lipinski definition) is 0. The summed E-state index contributed by atoms with van der Waals surface area (Å²) in [5, 5.41) is 0. The van der Waals surface area contributed by atoms with Crippen LogP contribution in [0.4, 0.5) is 0 Å². The summed E-state index contributed by atoms with van der Waals surface area (Å²) in [6.45, 7) is 6.56. The third-order valence-corrected chi connectivity index (χ3v) is 16.2. The first-order chi connectivity index (χ1) is 41.0. The molecular weight excluding hydrogens is 1020 g/mol. The molecule has 482 valence electrons. The lowest BCUT2D eigenvalue weighted by molar-refractivity contribution is -0.167. The zero-order valence-electron chi connectivity index (χ0n) is 55.5. The number of allylic oxidation sites excluding steroid dienone is 12. The van der Waals surface area contributed by atoms with Gasteiger partial charge in [0, 0.05) is 19.3 Å². The highest BCUT2D eigenvalue weighted by Gasteiger charge is 2.19. The molecule has 6 heteroatoms. The molecule has 1 atom stereocenters. The summed E-state index contributed by atoms with van der Waals surface area (Å²) >= 11 is 0. The number of carbonyl (C=O) groups excluding carboxylic acids is 3. The van der Waals surface area contributed by atoms with Crippen molar-refractivity contribution in [1.29, 1.82) is 0 Å². The van der Waals surface area contributed by atoms with Crippen LogP contribution < -0.4 is 0 Å². The minimum Gasteiger partial charge on any atom is -0.462 e. The van der Waals surface area contributed by atoms with Gasteiger partial charge in [-0.25, -0.2) is 0 Å². The summed E-state index contributed by atoms with van der Waals surface area (Å²) in [6.07, 6.45) is 93.8. The molecule has 0 aliphatic carbocycles. The monoisotopic (exact) mass is 1160 g/mol. The van der Waals surface area contributed by atoms with E-state index in [9.17, 15) is 14.4 Å². The Morgan fingerprint density at radius 1 is 0.253 bits per heavy atom. The highest BCUT2D eigenvalue weighted by Crippen LogP contribution is 2.19. The zero-order chi connectivity index (χ0) is 59.9. The largest absolute Gasteiger partial charge is 0.462 e. The van der Waals surface area contributed by atoms with Gasteiger partial charge in [-0.2, -0.15) is 0 Å². The second kappa shape index (κ2) is 71.3. The second-order valence-corrected chi connectivity index (χ2v) is 24.5. The van der Waals surface area contributed by atoms with E-state index in [0.717, 1.165) is 109 Å². The number of esters is 3. The van der Waals surface area contributed by atoms with Crippen molar-refractivity contribution in [3.63, 3.8) is 0 Å². The van der Waals surface area contributed by atoms with Crippen LogP contribution in [0.3, 0.4) is 0 Å². The first-order valence-corrected chi connectivity index (χ1v) is 36.4. The van der Waals surface area contributed by atoms with Crippen LogP contribution in [-0.4, -0.2) is 37.2 Å². The fraction of sp³-hybridized carbons (Fsp3) is 0.805. The molecule has 0 saturated heterocycles. The molecule has 0 aliphatic rings. The highest BCUT2D eigenvalue weighted by molar-refractivity contribution is 5.71. The molecule has 83 heavy (non-hydrogen) atoms. The number of ether oxygens (including phenoxy) is 3. The van der Waals surface area contributed by atoms with Crippen LogP contribution in [0.1, 0.15) is 380 Å². The van der Waals surface area contributed by atoms with Crippen molar-refractivity contribution >= 4 is 17.9 Å². The fourth-order valence-electron chi connectivity index (χ4n) is 10.8. The second-order valence-electron chi connectivity index (χ2n) is 24.5. The number of hydrogen-bond acceptors (Lipinski definition) is 6. The van der Waals surface area contributed by atoms with Gasteiger partial charge in [-0.1, -0.05) is 363 Å². The molecule has 0 aliphatic heterocycles. The molecule has 0 amide bonds. The van der Waals surface area contributed by atoms with Gasteiger partial charge in [0.2, 0.25) is 0 Å². The van der Waals surface area contributed by atoms with Crippen LogP contribution in [0, 0.1) is 0 Å². The van der Waals surface area contributed by atoms with E-state index in [-0.39, 0.29) is 31.1 Å². The Labute approximate surface area is 516 Å². The number of rotatable bonds is 67. The maximum atomic E-state index is 12.9. The third kappa shape index (κ3) is 69.5. The van der Waals surface area contributed by atoms with Gasteiger partial charge in [0.15, 0.2) is 6.10 Å². The summed E-state index contributed by atoms with van der Waals surface area (Å²) in [4.78, 5) is 38.4. The van der Waals surface area contributed by atoms with Crippen LogP contribution in [0.25, 0.3) is 0 Å². The summed E-state index contributed by atoms with van der Waals surface area (Å²) < 4.78 is 16.9. The quantitative estimate of drug-likeness (QED) is 0.0261. The molecule has 0 radical (unpaired) electrons. The number of unbranched alkanes of at least 4 members (excludes halogenated alkanes) is 44. The van der Waals surface area contributed by atoms with Crippen LogP contribution in [0.2, 0.25) is 0 Å². The average Bonchev–Trinajstić information content (AvgIpc) is 3.48. The van der Waals surface area contributed by atoms with Crippen molar-refractivity contribution < 1.29 is 28.6 Å². The van der Waals surface area contributed by atoms with Crippen molar-refractivity contribution in [1.82, 2.24) is 0 Å². The number of carbonyl (C=O) groups is 3. The van der Waals surface area contributed by atoms with E-state index >= 15 is 0 Å². The SMILES string of the molecule is CC/C=C\C/C=C\C/C=C\C/C=C\C/C=C\C/C=C\CCCCCCCCC(=O)OC(COC(=O)CCCCCCCCCCCC)COC(=O)CCCCCCCCCCCCCCCCCCCCCCCCCCCCCCCC. The van der Waals surface area contributed by atoms with Crippen molar-refractivity contribution in [2.45, 2.75) is 386 Å². The summed E-state index contributed by atoms with van der Waals surface area (Å²) in [5.74, 6) is -0.872. The Kier molecular flexibility index (Phi) is 68.6. The standard InChI is InChI=1S/C77H138O6/c1-4-7-10-13-16-19-22-24-26-28-30-32-34-36-37-38-39-40-42-43-45-47-49-51-53-55-58-61-64-67-70-76(79)82-73-74(72-81-75(78)69-66-63-60-57-21-18-15-12-9-6-3)83-77(80)71-68-65-62-59-56-54-52-50-48-46-44-41-35-33-31-29-27-25-23-20-17-14-11-8-5-2/h8,11,17,20,25,27,31,33,41,44,48,50,74H,4-7,9-10,12-16,18-19,21-24,26,28-30,32,34-40,42-43,45-47,49,51-73H2,1-3H3/b11-8-,20-17-,27-25-,33-31-,44-41-,50-48-. The Morgan fingerprint density at radius 3 is 0.735 bits per heavy atom. The van der Waals surface area contributed by atoms with Gasteiger partial charge in [-0.05, 0) is 70.6 Å². The summed E-state index contributed by atoms with van der Waals surface area (Å²) in [6, 6.07) is 0. The van der Waals surface area contributed by atoms with Crippen LogP contribution in [0.15, 0.2) is 72.9 Å². The van der Waals surface area contributed by atoms with E-state index in [0.29, 0.717) is 19.3 Å². The van der Waals surface area contributed by atoms with E-state index in [1.165, 1.54) is 231 Å². The van der Waals surface area contributed by atoms with Crippen molar-refractivity contribution in [2.24, 2.45) is 0 Å². The van der Waals surface area contributed by atoms with Crippen molar-refractivity contribution in [3.05, 3.63) is 72.9 Å². The molecule has 0 heterocycles. The minimum atomic E-state index is -0.782. The first kappa shape index (κ1) is 79.8. The minimum absolute atomic E-state index is 0.0769. The lowest BCUT2D eigenvalue weighted by Crippen LogP contribution is -2.30. The zero-order valence-corrected chi connectivity index (χ0v) is 55.5. The molecule has 6 nitrogen and oxygen atoms in total. The predicted molar refractivity (Wildman–Crippen MR) is 362 cm³/mol. The predicted octanol–water partition coefficient (Wildman–Crippen LogP) is 25.2. The smallest absolute Gasteiger partial charge is 0.306 e. The molecule has 0 fully saturated rings. The molecule has 0 aromatic carbocycles. The van der Waals surface area contributed by atoms with Crippen molar-refractivity contribution in [2.75, 3.05) is 13.2 Å². The van der Waals surface area contributed by atoms with Crippen LogP contribution in [0.5, 0.6) is 0 Å². The van der Waals surface area contributed by atoms with Gasteiger partial charge in [-0.15, -0.1) is 0 Å². The molecule has 0 rings (SSSR count). The molecular formula is C77H138O6. The normalized spacial score (nSPS) is 12.5. The molecule has 0 aromatic rings. The lowest BCUT2D eigenvalue weighted by Gasteiger charge is -2.18. The maximum Gasteiger partial charge on any atom is 0.306 e. The average molecular weight is 1160 g/mol. The Bertz CT molecular complexity index is 1520. The molecule has 0 spiro atoms. The van der Waals surface area contributed by atoms with Crippen LogP contribution >= 0.6 is 0 Å². The van der Waals surface area contributed by atoms with E-state index in [2.05, 4.69) is 93.7 Å². The van der Waals surface area contributed by atoms with E-state index in [1.54, 1.807) is 0 Å². The third-order valence-electron chi connectivity index (χ3n) is 16.2. The Balaban J connectivity index is 4.16. The Hall–Kier alpha value is -3.15. The summed E-state index contributed by atoms with van der Waals surface area (Å²) in [7, 11) is 0. The van der Waals surface area contributed by atoms with Gasteiger partial charge >= 0.3 is 17.9 Å². The van der Waals surface area contributed by atoms with Gasteiger partial charge < -0.3 is 14.2 Å². The van der Waals surface area contributed by atoms with E-state index < -0.39 is 6.10 Å². The maximum absolute atomic E-state index is 12.9. The topological polar surface area (TPSA) is 78.9 Å². The van der Waals surface area contributed by atoms with E-state index in [4.69, 9.17) is 14.2 Å². The van der Waals surface area contributed by atoms with Gasteiger partial charge in [0.25, 0.3) is 0 Å². The molecule has 0 aromatic heterocycles. The molecule has 0 N–H and O–H groups in total. The Morgan fingerprint density at radius 2 is 0.470 bits per heavy atom. The molecule has 1 unspecified atom stereocenters. The van der Waals surface area contributed by atoms with E-state index in [1.807, 2.05) is 0 Å². The first-order valence-electron chi connectivity index (χ1n) is 36.4. The lowest BCUT2D eigenvalue weighted by atomic mass is 10.0. The van der Waals surface area contributed by atoms with Gasteiger partial charge in [-0.3, -0.25) is 14.4 Å². The van der Waals surface area contributed by atoms with Gasteiger partial charge in [0.05, 0.1) is 0 Å².